The van der Waals surface area contributed by atoms with E-state index < -0.39 is 21.7 Å². The summed E-state index contributed by atoms with van der Waals surface area (Å²) in [7, 11) is -2.40. The number of rotatable bonds is 4. The van der Waals surface area contributed by atoms with Gasteiger partial charge < -0.3 is 11.1 Å². The van der Waals surface area contributed by atoms with E-state index in [1.54, 1.807) is 0 Å². The Morgan fingerprint density at radius 2 is 1.81 bits per heavy atom. The van der Waals surface area contributed by atoms with Crippen molar-refractivity contribution in [3.63, 3.8) is 0 Å². The topological polar surface area (TPSA) is 84.2 Å². The molecule has 5 nitrogen and oxygen atoms in total. The van der Waals surface area contributed by atoms with Gasteiger partial charge in [0, 0.05) is 11.8 Å². The third-order valence-electron chi connectivity index (χ3n) is 2.78. The Hall–Kier alpha value is -2.19. The molecule has 0 saturated heterocycles. The molecule has 8 heteroatoms. The monoisotopic (exact) mass is 313 g/mol. The van der Waals surface area contributed by atoms with E-state index in [9.17, 15) is 17.2 Å². The zero-order valence-corrected chi connectivity index (χ0v) is 11.8. The smallest absolute Gasteiger partial charge is 0.242 e. The summed E-state index contributed by atoms with van der Waals surface area (Å²) in [5.74, 6) is -1.23. The zero-order chi connectivity index (χ0) is 15.6. The Balaban J connectivity index is 2.35. The van der Waals surface area contributed by atoms with Crippen LogP contribution in [0.25, 0.3) is 0 Å². The lowest BCUT2D eigenvalue weighted by molar-refractivity contribution is 0.588. The van der Waals surface area contributed by atoms with Crippen molar-refractivity contribution in [2.75, 3.05) is 18.1 Å². The van der Waals surface area contributed by atoms with Gasteiger partial charge in [-0.3, -0.25) is 0 Å². The summed E-state index contributed by atoms with van der Waals surface area (Å²) < 4.78 is 52.1. The highest BCUT2D eigenvalue weighted by molar-refractivity contribution is 7.89. The SMILES string of the molecule is CNS(=O)(=O)c1ccc(Nc2cc(F)ccc2F)cc1N. The fourth-order valence-electron chi connectivity index (χ4n) is 1.73. The summed E-state index contributed by atoms with van der Waals surface area (Å²) in [6.07, 6.45) is 0. The van der Waals surface area contributed by atoms with Crippen LogP contribution in [0.1, 0.15) is 0 Å². The van der Waals surface area contributed by atoms with Crippen LogP contribution in [0.5, 0.6) is 0 Å². The van der Waals surface area contributed by atoms with E-state index in [1.807, 2.05) is 0 Å². The van der Waals surface area contributed by atoms with Gasteiger partial charge in [0.2, 0.25) is 10.0 Å². The van der Waals surface area contributed by atoms with Gasteiger partial charge in [-0.1, -0.05) is 0 Å². The number of hydrogen-bond donors (Lipinski definition) is 3. The maximum atomic E-state index is 13.5. The Labute approximate surface area is 120 Å². The van der Waals surface area contributed by atoms with Crippen LogP contribution in [-0.2, 0) is 10.0 Å². The van der Waals surface area contributed by atoms with E-state index in [0.29, 0.717) is 5.69 Å². The van der Waals surface area contributed by atoms with Crippen molar-refractivity contribution in [2.24, 2.45) is 0 Å². The predicted molar refractivity (Wildman–Crippen MR) is 76.7 cm³/mol. The van der Waals surface area contributed by atoms with E-state index in [1.165, 1.54) is 25.2 Å². The normalized spacial score (nSPS) is 11.4. The highest BCUT2D eigenvalue weighted by atomic mass is 32.2. The number of nitrogens with two attached hydrogens (primary N) is 1. The van der Waals surface area contributed by atoms with Gasteiger partial charge in [-0.05, 0) is 37.4 Å². The number of nitrogens with one attached hydrogen (secondary N) is 2. The van der Waals surface area contributed by atoms with Crippen LogP contribution in [-0.4, -0.2) is 15.5 Å². The van der Waals surface area contributed by atoms with Crippen LogP contribution < -0.4 is 15.8 Å². The quantitative estimate of drug-likeness (QED) is 0.756. The molecule has 0 aliphatic heterocycles. The first kappa shape index (κ1) is 15.2. The number of hydrogen-bond acceptors (Lipinski definition) is 4. The van der Waals surface area contributed by atoms with E-state index >= 15 is 0 Å². The summed E-state index contributed by atoms with van der Waals surface area (Å²) in [6.45, 7) is 0. The lowest BCUT2D eigenvalue weighted by Crippen LogP contribution is -2.19. The van der Waals surface area contributed by atoms with Gasteiger partial charge in [0.05, 0.1) is 11.4 Å². The van der Waals surface area contributed by atoms with E-state index in [4.69, 9.17) is 5.73 Å². The molecule has 0 radical (unpaired) electrons. The molecule has 0 spiro atoms. The standard InChI is InChI=1S/C13H13F2N3O2S/c1-17-21(19,20)13-5-3-9(7-11(13)16)18-12-6-8(14)2-4-10(12)15/h2-7,17-18H,16H2,1H3. The molecular formula is C13H13F2N3O2S. The van der Waals surface area contributed by atoms with Crippen LogP contribution in [0.2, 0.25) is 0 Å². The molecule has 0 fully saturated rings. The minimum Gasteiger partial charge on any atom is -0.398 e. The molecule has 2 rings (SSSR count). The number of nitrogen functional groups attached to an aromatic ring is 1. The van der Waals surface area contributed by atoms with E-state index in [0.717, 1.165) is 18.2 Å². The van der Waals surface area contributed by atoms with Gasteiger partial charge in [-0.15, -0.1) is 0 Å². The van der Waals surface area contributed by atoms with Crippen molar-refractivity contribution in [1.29, 1.82) is 0 Å². The van der Waals surface area contributed by atoms with Crippen LogP contribution in [0.15, 0.2) is 41.3 Å². The van der Waals surface area contributed by atoms with Crippen molar-refractivity contribution in [3.05, 3.63) is 48.0 Å². The first-order valence-electron chi connectivity index (χ1n) is 5.88. The molecule has 0 unspecified atom stereocenters. The maximum Gasteiger partial charge on any atom is 0.242 e. The van der Waals surface area contributed by atoms with Gasteiger partial charge in [0.1, 0.15) is 16.5 Å². The molecule has 4 N–H and O–H groups in total. The molecule has 2 aromatic carbocycles. The molecule has 0 aliphatic carbocycles. The molecular weight excluding hydrogens is 300 g/mol. The first-order valence-corrected chi connectivity index (χ1v) is 7.37. The minimum atomic E-state index is -3.67. The second-order valence-corrected chi connectivity index (χ2v) is 6.06. The molecule has 112 valence electrons. The third kappa shape index (κ3) is 3.29. The lowest BCUT2D eigenvalue weighted by Gasteiger charge is -2.11. The van der Waals surface area contributed by atoms with Crippen molar-refractivity contribution >= 4 is 27.1 Å². The Morgan fingerprint density at radius 1 is 1.10 bits per heavy atom. The van der Waals surface area contributed by atoms with Crippen LogP contribution in [0.4, 0.5) is 25.8 Å². The van der Waals surface area contributed by atoms with Gasteiger partial charge in [0.15, 0.2) is 0 Å². The highest BCUT2D eigenvalue weighted by Gasteiger charge is 2.15. The van der Waals surface area contributed by atoms with Gasteiger partial charge in [-0.25, -0.2) is 21.9 Å². The summed E-state index contributed by atoms with van der Waals surface area (Å²) in [5, 5.41) is 2.64. The van der Waals surface area contributed by atoms with Gasteiger partial charge >= 0.3 is 0 Å². The zero-order valence-electron chi connectivity index (χ0n) is 11.0. The van der Waals surface area contributed by atoms with Gasteiger partial charge in [-0.2, -0.15) is 0 Å². The largest absolute Gasteiger partial charge is 0.398 e. The molecule has 0 atom stereocenters. The van der Waals surface area contributed by atoms with Crippen LogP contribution >= 0.6 is 0 Å². The van der Waals surface area contributed by atoms with Crippen molar-refractivity contribution in [1.82, 2.24) is 4.72 Å². The molecule has 0 amide bonds. The summed E-state index contributed by atoms with van der Waals surface area (Å²) >= 11 is 0. The fraction of sp³-hybridized carbons (Fsp3) is 0.0769. The molecule has 0 aliphatic rings. The third-order valence-corrected chi connectivity index (χ3v) is 4.26. The molecule has 0 saturated carbocycles. The Bertz CT molecular complexity index is 779. The second-order valence-electron chi connectivity index (χ2n) is 4.21. The highest BCUT2D eigenvalue weighted by Crippen LogP contribution is 2.26. The average Bonchev–Trinajstić information content (AvgIpc) is 2.43. The summed E-state index contributed by atoms with van der Waals surface area (Å²) in [6, 6.07) is 6.99. The molecule has 0 aromatic heterocycles. The van der Waals surface area contributed by atoms with E-state index in [2.05, 4.69) is 10.0 Å². The minimum absolute atomic E-state index is 0.00818. The molecule has 0 bridgehead atoms. The second kappa shape index (κ2) is 5.66. The maximum absolute atomic E-state index is 13.5. The number of anilines is 3. The van der Waals surface area contributed by atoms with Crippen LogP contribution in [0.3, 0.4) is 0 Å². The fourth-order valence-corrected chi connectivity index (χ4v) is 2.57. The van der Waals surface area contributed by atoms with Crippen molar-refractivity contribution < 1.29 is 17.2 Å². The van der Waals surface area contributed by atoms with Gasteiger partial charge in [0.25, 0.3) is 0 Å². The number of benzene rings is 2. The first-order chi connectivity index (χ1) is 9.83. The number of halogens is 2. The summed E-state index contributed by atoms with van der Waals surface area (Å²) in [5.41, 5.74) is 5.94. The molecule has 21 heavy (non-hydrogen) atoms. The van der Waals surface area contributed by atoms with Crippen molar-refractivity contribution in [3.8, 4) is 0 Å². The van der Waals surface area contributed by atoms with Crippen LogP contribution in [0, 0.1) is 11.6 Å². The molecule has 0 heterocycles. The predicted octanol–water partition coefficient (Wildman–Crippen LogP) is 2.20. The van der Waals surface area contributed by atoms with Crippen molar-refractivity contribution in [2.45, 2.75) is 4.90 Å². The summed E-state index contributed by atoms with van der Waals surface area (Å²) in [4.78, 5) is -0.0877. The Kier molecular flexibility index (Phi) is 4.10. The average molecular weight is 313 g/mol. The molecule has 2 aromatic rings. The lowest BCUT2D eigenvalue weighted by atomic mass is 10.2. The van der Waals surface area contributed by atoms with E-state index in [-0.39, 0.29) is 16.3 Å². The Morgan fingerprint density at radius 3 is 2.43 bits per heavy atom. The number of sulfonamides is 1.